The lowest BCUT2D eigenvalue weighted by molar-refractivity contribution is -0.196. The van der Waals surface area contributed by atoms with Crippen LogP contribution in [0.1, 0.15) is 36.8 Å². The molecule has 0 bridgehead atoms. The molecule has 0 N–H and O–H groups in total. The predicted octanol–water partition coefficient (Wildman–Crippen LogP) is 2.43. The molecular formula is C18H19ClF3N5O2. The maximum absolute atomic E-state index is 13.7. The highest BCUT2D eigenvalue weighted by Gasteiger charge is 2.52. The first-order valence-electron chi connectivity index (χ1n) is 9.40. The molecule has 2 aromatic heterocycles. The molecule has 2 atom stereocenters. The summed E-state index contributed by atoms with van der Waals surface area (Å²) in [5, 5.41) is 4.63. The highest BCUT2D eigenvalue weighted by Crippen LogP contribution is 2.41. The largest absolute Gasteiger partial charge is 0.394 e. The molecule has 1 saturated heterocycles. The third-order valence-electron chi connectivity index (χ3n) is 5.47. The van der Waals surface area contributed by atoms with E-state index >= 15 is 0 Å². The van der Waals surface area contributed by atoms with Gasteiger partial charge >= 0.3 is 11.9 Å². The van der Waals surface area contributed by atoms with E-state index < -0.39 is 29.7 Å². The van der Waals surface area contributed by atoms with Gasteiger partial charge in [0, 0.05) is 25.7 Å². The van der Waals surface area contributed by atoms with Gasteiger partial charge in [-0.15, -0.1) is 0 Å². The van der Waals surface area contributed by atoms with Gasteiger partial charge in [0.2, 0.25) is 5.91 Å². The highest BCUT2D eigenvalue weighted by molar-refractivity contribution is 6.30. The molecule has 156 valence electrons. The summed E-state index contributed by atoms with van der Waals surface area (Å²) in [6.07, 6.45) is -1.97. The van der Waals surface area contributed by atoms with Crippen molar-refractivity contribution in [2.75, 3.05) is 13.1 Å². The van der Waals surface area contributed by atoms with Gasteiger partial charge in [-0.05, 0) is 31.4 Å². The van der Waals surface area contributed by atoms with Crippen molar-refractivity contribution >= 4 is 17.5 Å². The van der Waals surface area contributed by atoms with Crippen LogP contribution in [0.15, 0.2) is 23.1 Å². The normalized spacial score (nSPS) is 22.0. The number of fused-ring (bicyclic) bond motifs is 1. The van der Waals surface area contributed by atoms with Crippen LogP contribution >= 0.6 is 11.6 Å². The van der Waals surface area contributed by atoms with E-state index in [-0.39, 0.29) is 25.2 Å². The van der Waals surface area contributed by atoms with Gasteiger partial charge in [-0.25, -0.2) is 9.48 Å². The van der Waals surface area contributed by atoms with Crippen LogP contribution in [0, 0.1) is 5.92 Å². The molecule has 2 aromatic rings. The number of alkyl halides is 3. The molecular weight excluding hydrogens is 411 g/mol. The molecule has 0 aliphatic carbocycles. The minimum Gasteiger partial charge on any atom is -0.341 e. The molecule has 0 aromatic carbocycles. The molecule has 0 saturated carbocycles. The number of aromatic nitrogens is 4. The van der Waals surface area contributed by atoms with E-state index in [2.05, 4.69) is 10.1 Å². The van der Waals surface area contributed by atoms with Crippen molar-refractivity contribution in [2.24, 2.45) is 5.92 Å². The van der Waals surface area contributed by atoms with Crippen molar-refractivity contribution in [1.29, 1.82) is 0 Å². The van der Waals surface area contributed by atoms with Gasteiger partial charge in [0.25, 0.3) is 0 Å². The zero-order valence-corrected chi connectivity index (χ0v) is 16.2. The Kier molecular flexibility index (Phi) is 5.14. The number of hydrogen-bond donors (Lipinski definition) is 0. The third-order valence-corrected chi connectivity index (χ3v) is 5.69. The average molecular weight is 430 g/mol. The van der Waals surface area contributed by atoms with E-state index in [9.17, 15) is 22.8 Å². The van der Waals surface area contributed by atoms with Crippen LogP contribution in [0.25, 0.3) is 0 Å². The van der Waals surface area contributed by atoms with E-state index in [0.29, 0.717) is 23.8 Å². The molecule has 4 heterocycles. The van der Waals surface area contributed by atoms with Gasteiger partial charge in [-0.2, -0.15) is 18.3 Å². The zero-order valence-electron chi connectivity index (χ0n) is 15.4. The van der Waals surface area contributed by atoms with Gasteiger partial charge in [-0.3, -0.25) is 14.3 Å². The molecule has 2 aliphatic rings. The summed E-state index contributed by atoms with van der Waals surface area (Å²) < 4.78 is 43.2. The summed E-state index contributed by atoms with van der Waals surface area (Å²) in [6.45, 7) is 0.803. The Bertz CT molecular complexity index is 963. The molecule has 1 fully saturated rings. The second kappa shape index (κ2) is 7.47. The maximum atomic E-state index is 13.7. The molecule has 2 aliphatic heterocycles. The lowest BCUT2D eigenvalue weighted by atomic mass is 9.89. The van der Waals surface area contributed by atoms with Crippen LogP contribution < -0.4 is 5.69 Å². The number of rotatable bonds is 3. The molecule has 11 heteroatoms. The Morgan fingerprint density at radius 1 is 1.24 bits per heavy atom. The van der Waals surface area contributed by atoms with Crippen LogP contribution in [0.5, 0.6) is 0 Å². The number of halogens is 4. The van der Waals surface area contributed by atoms with Gasteiger partial charge in [0.05, 0.1) is 23.2 Å². The fourth-order valence-electron chi connectivity index (χ4n) is 4.04. The number of aryl methyl sites for hydroxylation is 1. The minimum absolute atomic E-state index is 0.0166. The Labute approximate surface area is 169 Å². The van der Waals surface area contributed by atoms with Crippen molar-refractivity contribution in [3.05, 3.63) is 45.4 Å². The lowest BCUT2D eigenvalue weighted by Crippen LogP contribution is -2.49. The lowest BCUT2D eigenvalue weighted by Gasteiger charge is -2.34. The summed E-state index contributed by atoms with van der Waals surface area (Å²) in [5.74, 6) is -2.37. The van der Waals surface area contributed by atoms with Crippen molar-refractivity contribution < 1.29 is 18.0 Å². The zero-order chi connectivity index (χ0) is 20.8. The topological polar surface area (TPSA) is 73.0 Å². The van der Waals surface area contributed by atoms with Gasteiger partial charge in [-0.1, -0.05) is 11.6 Å². The molecule has 0 radical (unpaired) electrons. The van der Waals surface area contributed by atoms with Crippen LogP contribution in [-0.4, -0.2) is 49.4 Å². The molecule has 1 amide bonds. The quantitative estimate of drug-likeness (QED) is 0.751. The molecule has 0 spiro atoms. The van der Waals surface area contributed by atoms with Crippen LogP contribution in [-0.2, 0) is 17.8 Å². The third kappa shape index (κ3) is 3.77. The number of likely N-dealkylation sites (tertiary alicyclic amines) is 1. The van der Waals surface area contributed by atoms with Crippen molar-refractivity contribution in [3.8, 4) is 0 Å². The van der Waals surface area contributed by atoms with E-state index in [1.54, 1.807) is 12.1 Å². The van der Waals surface area contributed by atoms with Crippen LogP contribution in [0.3, 0.4) is 0 Å². The van der Waals surface area contributed by atoms with E-state index in [0.717, 1.165) is 22.1 Å². The Balaban J connectivity index is 1.73. The minimum atomic E-state index is -4.59. The summed E-state index contributed by atoms with van der Waals surface area (Å²) in [5.41, 5.74) is -0.245. The monoisotopic (exact) mass is 429 g/mol. The van der Waals surface area contributed by atoms with E-state index in [1.807, 2.05) is 0 Å². The van der Waals surface area contributed by atoms with Gasteiger partial charge < -0.3 is 4.90 Å². The van der Waals surface area contributed by atoms with E-state index in [1.165, 1.54) is 11.1 Å². The SMILES string of the molecule is O=C(C1C(C(F)(F)F)CCc2nn(Cc3ccc(Cl)cn3)c(=O)n21)N1CCCC1. The number of carbonyl (C=O) groups is 1. The summed E-state index contributed by atoms with van der Waals surface area (Å²) >= 11 is 5.80. The van der Waals surface area contributed by atoms with Crippen LogP contribution in [0.4, 0.5) is 13.2 Å². The summed E-state index contributed by atoms with van der Waals surface area (Å²) in [4.78, 5) is 31.5. The molecule has 7 nitrogen and oxygen atoms in total. The number of pyridine rings is 1. The number of nitrogens with zero attached hydrogens (tertiary/aromatic N) is 5. The number of hydrogen-bond acceptors (Lipinski definition) is 4. The first kappa shape index (κ1) is 19.9. The average Bonchev–Trinajstić information content (AvgIpc) is 3.31. The second-order valence-corrected chi connectivity index (χ2v) is 7.79. The van der Waals surface area contributed by atoms with Gasteiger partial charge in [0.15, 0.2) is 0 Å². The smallest absolute Gasteiger partial charge is 0.341 e. The van der Waals surface area contributed by atoms with Crippen molar-refractivity contribution in [2.45, 2.75) is 44.4 Å². The van der Waals surface area contributed by atoms with Gasteiger partial charge in [0.1, 0.15) is 11.9 Å². The van der Waals surface area contributed by atoms with E-state index in [4.69, 9.17) is 11.6 Å². The molecule has 29 heavy (non-hydrogen) atoms. The van der Waals surface area contributed by atoms with Crippen molar-refractivity contribution in [1.82, 2.24) is 24.2 Å². The fourth-order valence-corrected chi connectivity index (χ4v) is 4.16. The molecule has 2 unspecified atom stereocenters. The van der Waals surface area contributed by atoms with Crippen LogP contribution in [0.2, 0.25) is 5.02 Å². The number of amides is 1. The Hall–Kier alpha value is -2.36. The molecule has 4 rings (SSSR count). The summed E-state index contributed by atoms with van der Waals surface area (Å²) in [6, 6.07) is 1.60. The highest BCUT2D eigenvalue weighted by atomic mass is 35.5. The Morgan fingerprint density at radius 3 is 2.59 bits per heavy atom. The predicted molar refractivity (Wildman–Crippen MR) is 97.6 cm³/mol. The summed E-state index contributed by atoms with van der Waals surface area (Å²) in [7, 11) is 0. The second-order valence-electron chi connectivity index (χ2n) is 7.36. The standard InChI is InChI=1S/C18H19ClF3N5O2/c19-11-3-4-12(23-9-11)10-26-17(29)27-14(24-26)6-5-13(18(20,21)22)15(27)16(28)25-7-1-2-8-25/h3-4,9,13,15H,1-2,5-8,10H2. The fraction of sp³-hybridized carbons (Fsp3) is 0.556. The maximum Gasteiger partial charge on any atom is 0.394 e. The Morgan fingerprint density at radius 2 is 1.97 bits per heavy atom. The first-order chi connectivity index (χ1) is 13.8. The first-order valence-corrected chi connectivity index (χ1v) is 9.77. The van der Waals surface area contributed by atoms with Crippen molar-refractivity contribution in [3.63, 3.8) is 0 Å². The number of carbonyl (C=O) groups excluding carboxylic acids is 1.